The summed E-state index contributed by atoms with van der Waals surface area (Å²) >= 11 is 0. The third-order valence-corrected chi connectivity index (χ3v) is 3.83. The minimum Gasteiger partial charge on any atom is -0.207 e. The van der Waals surface area contributed by atoms with Crippen LogP contribution in [0.5, 0.6) is 0 Å². The predicted octanol–water partition coefficient (Wildman–Crippen LogP) is 5.07. The summed E-state index contributed by atoms with van der Waals surface area (Å²) in [5.74, 6) is 1.32. The van der Waals surface area contributed by atoms with Crippen LogP contribution in [-0.4, -0.2) is 0 Å². The molecule has 1 fully saturated rings. The molecule has 17 heavy (non-hydrogen) atoms. The summed E-state index contributed by atoms with van der Waals surface area (Å²) in [6.45, 7) is 2.08. The molecule has 1 aliphatic rings. The maximum absolute atomic E-state index is 12.9. The summed E-state index contributed by atoms with van der Waals surface area (Å²) < 4.78 is 12.9. The average molecular weight is 232 g/mol. The maximum Gasteiger partial charge on any atom is 0.123 e. The van der Waals surface area contributed by atoms with Gasteiger partial charge in [0.15, 0.2) is 0 Å². The van der Waals surface area contributed by atoms with Crippen molar-refractivity contribution in [1.29, 1.82) is 0 Å². The van der Waals surface area contributed by atoms with Gasteiger partial charge in [-0.15, -0.1) is 0 Å². The van der Waals surface area contributed by atoms with E-state index in [1.165, 1.54) is 37.7 Å². The fraction of sp³-hybridized carbons (Fsp3) is 0.500. The first kappa shape index (κ1) is 12.3. The summed E-state index contributed by atoms with van der Waals surface area (Å²) in [5.41, 5.74) is 1.32. The molecule has 92 valence electrons. The number of halogens is 1. The van der Waals surface area contributed by atoms with Gasteiger partial charge in [-0.1, -0.05) is 37.1 Å². The van der Waals surface area contributed by atoms with E-state index in [0.29, 0.717) is 5.92 Å². The number of rotatable bonds is 3. The second-order valence-corrected chi connectivity index (χ2v) is 5.09. The Balaban J connectivity index is 1.99. The summed E-state index contributed by atoms with van der Waals surface area (Å²) in [6, 6.07) is 7.09. The zero-order chi connectivity index (χ0) is 12.1. The Morgan fingerprint density at radius 1 is 1.24 bits per heavy atom. The van der Waals surface area contributed by atoms with E-state index in [-0.39, 0.29) is 5.82 Å². The lowest BCUT2D eigenvalue weighted by atomic mass is 9.77. The van der Waals surface area contributed by atoms with Crippen LogP contribution in [0.3, 0.4) is 0 Å². The molecule has 1 aromatic rings. The van der Waals surface area contributed by atoms with Crippen LogP contribution in [0, 0.1) is 11.7 Å². The first-order valence-electron chi connectivity index (χ1n) is 6.66. The van der Waals surface area contributed by atoms with Crippen molar-refractivity contribution in [3.63, 3.8) is 0 Å². The number of benzene rings is 1. The lowest BCUT2D eigenvalue weighted by Gasteiger charge is -2.28. The van der Waals surface area contributed by atoms with Crippen LogP contribution in [0.2, 0.25) is 0 Å². The fourth-order valence-corrected chi connectivity index (χ4v) is 2.87. The van der Waals surface area contributed by atoms with Gasteiger partial charge in [0.1, 0.15) is 5.82 Å². The van der Waals surface area contributed by atoms with Gasteiger partial charge in [-0.2, -0.15) is 0 Å². The molecule has 2 rings (SSSR count). The summed E-state index contributed by atoms with van der Waals surface area (Å²) in [6.07, 6.45) is 10.8. The molecular formula is C16H21F. The van der Waals surface area contributed by atoms with Gasteiger partial charge in [0.25, 0.3) is 0 Å². The van der Waals surface area contributed by atoms with E-state index >= 15 is 0 Å². The Morgan fingerprint density at radius 3 is 2.71 bits per heavy atom. The van der Waals surface area contributed by atoms with Crippen molar-refractivity contribution in [3.8, 4) is 0 Å². The van der Waals surface area contributed by atoms with Crippen LogP contribution >= 0.6 is 0 Å². The SMILES string of the molecule is CC=CCC1CCCC(c2ccc(F)cc2)C1. The molecule has 2 unspecified atom stereocenters. The van der Waals surface area contributed by atoms with E-state index in [0.717, 1.165) is 5.92 Å². The van der Waals surface area contributed by atoms with Crippen molar-refractivity contribution >= 4 is 0 Å². The predicted molar refractivity (Wildman–Crippen MR) is 70.5 cm³/mol. The van der Waals surface area contributed by atoms with Crippen LogP contribution < -0.4 is 0 Å². The number of hydrogen-bond donors (Lipinski definition) is 0. The highest BCUT2D eigenvalue weighted by Crippen LogP contribution is 2.37. The molecule has 0 heterocycles. The molecule has 1 aliphatic carbocycles. The quantitative estimate of drug-likeness (QED) is 0.638. The molecule has 0 radical (unpaired) electrons. The molecule has 0 aliphatic heterocycles. The average Bonchev–Trinajstić information content (AvgIpc) is 2.37. The van der Waals surface area contributed by atoms with Crippen molar-refractivity contribution in [1.82, 2.24) is 0 Å². The molecule has 0 bridgehead atoms. The molecule has 0 nitrogen and oxygen atoms in total. The summed E-state index contributed by atoms with van der Waals surface area (Å²) in [5, 5.41) is 0. The minimum atomic E-state index is -0.130. The van der Waals surface area contributed by atoms with Crippen LogP contribution in [-0.2, 0) is 0 Å². The van der Waals surface area contributed by atoms with E-state index in [1.807, 2.05) is 12.1 Å². The highest BCUT2D eigenvalue weighted by molar-refractivity contribution is 5.21. The third-order valence-electron chi connectivity index (χ3n) is 3.83. The third kappa shape index (κ3) is 3.42. The van der Waals surface area contributed by atoms with Gasteiger partial charge in [-0.25, -0.2) is 4.39 Å². The van der Waals surface area contributed by atoms with Crippen LogP contribution in [0.15, 0.2) is 36.4 Å². The molecule has 1 aromatic carbocycles. The topological polar surface area (TPSA) is 0 Å². The van der Waals surface area contributed by atoms with Crippen molar-refractivity contribution < 1.29 is 4.39 Å². The first-order chi connectivity index (χ1) is 8.29. The van der Waals surface area contributed by atoms with Crippen molar-refractivity contribution in [3.05, 3.63) is 47.8 Å². The van der Waals surface area contributed by atoms with E-state index < -0.39 is 0 Å². The molecule has 2 atom stereocenters. The van der Waals surface area contributed by atoms with Crippen molar-refractivity contribution in [2.75, 3.05) is 0 Å². The highest BCUT2D eigenvalue weighted by Gasteiger charge is 2.22. The normalized spacial score (nSPS) is 25.3. The van der Waals surface area contributed by atoms with Gasteiger partial charge < -0.3 is 0 Å². The second-order valence-electron chi connectivity index (χ2n) is 5.09. The second kappa shape index (κ2) is 6.00. The first-order valence-corrected chi connectivity index (χ1v) is 6.66. The Morgan fingerprint density at radius 2 is 2.00 bits per heavy atom. The molecule has 0 spiro atoms. The standard InChI is InChI=1S/C16H21F/c1-2-3-5-13-6-4-7-15(12-13)14-8-10-16(17)11-9-14/h2-3,8-11,13,15H,4-7,12H2,1H3. The highest BCUT2D eigenvalue weighted by atomic mass is 19.1. The molecular weight excluding hydrogens is 211 g/mol. The van der Waals surface area contributed by atoms with Gasteiger partial charge >= 0.3 is 0 Å². The van der Waals surface area contributed by atoms with Crippen molar-refractivity contribution in [2.24, 2.45) is 5.92 Å². The smallest absolute Gasteiger partial charge is 0.123 e. The molecule has 0 saturated heterocycles. The van der Waals surface area contributed by atoms with Gasteiger partial charge in [-0.3, -0.25) is 0 Å². The Hall–Kier alpha value is -1.11. The van der Waals surface area contributed by atoms with Gasteiger partial charge in [-0.05, 0) is 55.7 Å². The lowest BCUT2D eigenvalue weighted by molar-refractivity contribution is 0.324. The van der Waals surface area contributed by atoms with E-state index in [1.54, 1.807) is 12.1 Å². The Kier molecular flexibility index (Phi) is 4.36. The van der Waals surface area contributed by atoms with Crippen LogP contribution in [0.25, 0.3) is 0 Å². The monoisotopic (exact) mass is 232 g/mol. The van der Waals surface area contributed by atoms with E-state index in [2.05, 4.69) is 19.1 Å². The zero-order valence-electron chi connectivity index (χ0n) is 10.5. The van der Waals surface area contributed by atoms with Gasteiger partial charge in [0.05, 0.1) is 0 Å². The lowest BCUT2D eigenvalue weighted by Crippen LogP contribution is -2.13. The minimum absolute atomic E-state index is 0.130. The van der Waals surface area contributed by atoms with Gasteiger partial charge in [0, 0.05) is 0 Å². The molecule has 0 amide bonds. The zero-order valence-corrected chi connectivity index (χ0v) is 10.5. The Labute approximate surface area is 104 Å². The van der Waals surface area contributed by atoms with Crippen molar-refractivity contribution in [2.45, 2.75) is 44.9 Å². The molecule has 1 saturated carbocycles. The fourth-order valence-electron chi connectivity index (χ4n) is 2.87. The van der Waals surface area contributed by atoms with E-state index in [9.17, 15) is 4.39 Å². The van der Waals surface area contributed by atoms with E-state index in [4.69, 9.17) is 0 Å². The maximum atomic E-state index is 12.9. The number of allylic oxidation sites excluding steroid dienone is 2. The van der Waals surface area contributed by atoms with Crippen LogP contribution in [0.4, 0.5) is 4.39 Å². The molecule has 1 heteroatoms. The largest absolute Gasteiger partial charge is 0.207 e. The van der Waals surface area contributed by atoms with Gasteiger partial charge in [0.2, 0.25) is 0 Å². The number of hydrogen-bond acceptors (Lipinski definition) is 0. The summed E-state index contributed by atoms with van der Waals surface area (Å²) in [7, 11) is 0. The molecule has 0 N–H and O–H groups in total. The summed E-state index contributed by atoms with van der Waals surface area (Å²) in [4.78, 5) is 0. The van der Waals surface area contributed by atoms with Crippen LogP contribution in [0.1, 0.15) is 50.5 Å². The Bertz CT molecular complexity index is 364. The molecule has 0 aromatic heterocycles.